The van der Waals surface area contributed by atoms with Crippen molar-refractivity contribution >= 4 is 22.9 Å². The van der Waals surface area contributed by atoms with Gasteiger partial charge in [0.1, 0.15) is 0 Å². The van der Waals surface area contributed by atoms with Crippen LogP contribution in [-0.4, -0.2) is 25.1 Å². The maximum Gasteiger partial charge on any atom is 0.244 e. The van der Waals surface area contributed by atoms with Crippen molar-refractivity contribution < 1.29 is 14.3 Å². The topological polar surface area (TPSA) is 60.5 Å². The Balaban J connectivity index is 1.72. The Morgan fingerprint density at radius 1 is 1.07 bits per heavy atom. The summed E-state index contributed by atoms with van der Waals surface area (Å²) in [6.45, 7) is 1.92. The molecule has 0 fully saturated rings. The standard InChI is InChI=1S/C22H22N2O3/c1-15(18-9-11-19(26-2)20(14-18)27-3)24-21(25)12-10-17-7-4-6-16-8-5-13-23-22(16)17/h4-15H,1-3H3,(H,24,25)/b12-10+. The van der Waals surface area contributed by atoms with E-state index in [9.17, 15) is 4.79 Å². The molecule has 27 heavy (non-hydrogen) atoms. The third-order valence-corrected chi connectivity index (χ3v) is 4.34. The Kier molecular flexibility index (Phi) is 5.71. The molecule has 0 spiro atoms. The molecule has 3 aromatic rings. The monoisotopic (exact) mass is 362 g/mol. The van der Waals surface area contributed by atoms with E-state index in [1.807, 2.05) is 55.5 Å². The molecule has 0 aliphatic carbocycles. The summed E-state index contributed by atoms with van der Waals surface area (Å²) in [6, 6.07) is 15.2. The van der Waals surface area contributed by atoms with E-state index in [4.69, 9.17) is 9.47 Å². The number of nitrogens with zero attached hydrogens (tertiary/aromatic N) is 1. The first-order chi connectivity index (χ1) is 13.1. The van der Waals surface area contributed by atoms with Crippen molar-refractivity contribution in [3.8, 4) is 11.5 Å². The van der Waals surface area contributed by atoms with Crippen LogP contribution in [0, 0.1) is 0 Å². The van der Waals surface area contributed by atoms with Gasteiger partial charge in [-0.1, -0.05) is 30.3 Å². The number of hydrogen-bond donors (Lipinski definition) is 1. The van der Waals surface area contributed by atoms with Gasteiger partial charge < -0.3 is 14.8 Å². The van der Waals surface area contributed by atoms with Gasteiger partial charge in [0.2, 0.25) is 5.91 Å². The summed E-state index contributed by atoms with van der Waals surface area (Å²) in [6.07, 6.45) is 5.06. The second-order valence-electron chi connectivity index (χ2n) is 6.10. The lowest BCUT2D eigenvalue weighted by molar-refractivity contribution is -0.117. The lowest BCUT2D eigenvalue weighted by atomic mass is 10.1. The zero-order valence-electron chi connectivity index (χ0n) is 15.6. The summed E-state index contributed by atoms with van der Waals surface area (Å²) in [4.78, 5) is 16.7. The maximum absolute atomic E-state index is 12.3. The van der Waals surface area contributed by atoms with Crippen molar-refractivity contribution in [1.82, 2.24) is 10.3 Å². The van der Waals surface area contributed by atoms with Gasteiger partial charge in [-0.2, -0.15) is 0 Å². The minimum absolute atomic E-state index is 0.174. The molecule has 3 rings (SSSR count). The fraction of sp³-hybridized carbons (Fsp3) is 0.182. The van der Waals surface area contributed by atoms with Crippen molar-refractivity contribution in [2.24, 2.45) is 0 Å². The predicted octanol–water partition coefficient (Wildman–Crippen LogP) is 4.14. The smallest absolute Gasteiger partial charge is 0.244 e. The van der Waals surface area contributed by atoms with Gasteiger partial charge in [-0.05, 0) is 36.8 Å². The number of methoxy groups -OCH3 is 2. The predicted molar refractivity (Wildman–Crippen MR) is 107 cm³/mol. The van der Waals surface area contributed by atoms with Crippen molar-refractivity contribution in [2.45, 2.75) is 13.0 Å². The Labute approximate surface area is 158 Å². The number of benzene rings is 2. The highest BCUT2D eigenvalue weighted by Crippen LogP contribution is 2.29. The molecular weight excluding hydrogens is 340 g/mol. The minimum Gasteiger partial charge on any atom is -0.493 e. The summed E-state index contributed by atoms with van der Waals surface area (Å²) in [7, 11) is 3.18. The number of carbonyl (C=O) groups excluding carboxylic acids is 1. The van der Waals surface area contributed by atoms with Gasteiger partial charge in [-0.15, -0.1) is 0 Å². The van der Waals surface area contributed by atoms with Crippen LogP contribution in [-0.2, 0) is 4.79 Å². The van der Waals surface area contributed by atoms with E-state index < -0.39 is 0 Å². The lowest BCUT2D eigenvalue weighted by Crippen LogP contribution is -2.24. The van der Waals surface area contributed by atoms with E-state index in [1.165, 1.54) is 6.08 Å². The van der Waals surface area contributed by atoms with Crippen LogP contribution in [0.25, 0.3) is 17.0 Å². The third-order valence-electron chi connectivity index (χ3n) is 4.34. The number of fused-ring (bicyclic) bond motifs is 1. The van der Waals surface area contributed by atoms with E-state index in [-0.39, 0.29) is 11.9 Å². The molecule has 0 bridgehead atoms. The molecule has 0 saturated heterocycles. The van der Waals surface area contributed by atoms with Gasteiger partial charge in [-0.25, -0.2) is 0 Å². The number of nitrogens with one attached hydrogen (secondary N) is 1. The summed E-state index contributed by atoms with van der Waals surface area (Å²) < 4.78 is 10.6. The summed E-state index contributed by atoms with van der Waals surface area (Å²) in [5, 5.41) is 4.00. The van der Waals surface area contributed by atoms with Crippen LogP contribution in [0.2, 0.25) is 0 Å². The van der Waals surface area contributed by atoms with Gasteiger partial charge in [-0.3, -0.25) is 9.78 Å². The normalized spacial score (nSPS) is 12.1. The molecule has 2 aromatic carbocycles. The largest absolute Gasteiger partial charge is 0.493 e. The fourth-order valence-electron chi connectivity index (χ4n) is 2.89. The number of para-hydroxylation sites is 1. The second kappa shape index (κ2) is 8.36. The Morgan fingerprint density at radius 3 is 2.63 bits per heavy atom. The molecule has 1 atom stereocenters. The van der Waals surface area contributed by atoms with Crippen LogP contribution in [0.3, 0.4) is 0 Å². The van der Waals surface area contributed by atoms with E-state index in [1.54, 1.807) is 26.5 Å². The highest BCUT2D eigenvalue weighted by atomic mass is 16.5. The number of ether oxygens (including phenoxy) is 2. The molecule has 138 valence electrons. The van der Waals surface area contributed by atoms with Crippen LogP contribution in [0.4, 0.5) is 0 Å². The lowest BCUT2D eigenvalue weighted by Gasteiger charge is -2.15. The van der Waals surface area contributed by atoms with E-state index >= 15 is 0 Å². The van der Waals surface area contributed by atoms with Gasteiger partial charge in [0.05, 0.1) is 25.8 Å². The molecule has 0 saturated carbocycles. The number of pyridine rings is 1. The third kappa shape index (κ3) is 4.26. The van der Waals surface area contributed by atoms with E-state index in [2.05, 4.69) is 10.3 Å². The molecule has 1 aromatic heterocycles. The maximum atomic E-state index is 12.3. The zero-order valence-corrected chi connectivity index (χ0v) is 15.6. The number of amides is 1. The molecule has 0 radical (unpaired) electrons. The fourth-order valence-corrected chi connectivity index (χ4v) is 2.89. The average Bonchev–Trinajstić information content (AvgIpc) is 2.71. The Hall–Kier alpha value is -3.34. The minimum atomic E-state index is -0.176. The first-order valence-corrected chi connectivity index (χ1v) is 8.66. The van der Waals surface area contributed by atoms with Crippen LogP contribution in [0.5, 0.6) is 11.5 Å². The van der Waals surface area contributed by atoms with Gasteiger partial charge in [0.15, 0.2) is 11.5 Å². The van der Waals surface area contributed by atoms with Gasteiger partial charge in [0, 0.05) is 23.2 Å². The molecule has 5 nitrogen and oxygen atoms in total. The zero-order chi connectivity index (χ0) is 19.2. The van der Waals surface area contributed by atoms with Gasteiger partial charge >= 0.3 is 0 Å². The molecule has 0 aliphatic heterocycles. The highest BCUT2D eigenvalue weighted by Gasteiger charge is 2.11. The second-order valence-corrected chi connectivity index (χ2v) is 6.10. The van der Waals surface area contributed by atoms with E-state index in [0.29, 0.717) is 11.5 Å². The highest BCUT2D eigenvalue weighted by molar-refractivity contribution is 5.95. The van der Waals surface area contributed by atoms with Crippen molar-refractivity contribution in [1.29, 1.82) is 0 Å². The van der Waals surface area contributed by atoms with Gasteiger partial charge in [0.25, 0.3) is 0 Å². The Bertz CT molecular complexity index is 977. The quantitative estimate of drug-likeness (QED) is 0.670. The number of hydrogen-bond acceptors (Lipinski definition) is 4. The molecule has 5 heteroatoms. The first kappa shape index (κ1) is 18.5. The van der Waals surface area contributed by atoms with Crippen molar-refractivity contribution in [2.75, 3.05) is 14.2 Å². The Morgan fingerprint density at radius 2 is 1.85 bits per heavy atom. The summed E-state index contributed by atoms with van der Waals surface area (Å²) in [5.41, 5.74) is 2.71. The van der Waals surface area contributed by atoms with Crippen LogP contribution in [0.1, 0.15) is 24.1 Å². The molecule has 0 aliphatic rings. The number of rotatable bonds is 6. The van der Waals surface area contributed by atoms with Crippen LogP contribution < -0.4 is 14.8 Å². The average molecular weight is 362 g/mol. The number of aromatic nitrogens is 1. The molecule has 1 amide bonds. The SMILES string of the molecule is COc1ccc(C(C)NC(=O)/C=C/c2cccc3cccnc23)cc1OC. The molecule has 1 unspecified atom stereocenters. The molecule has 1 N–H and O–H groups in total. The summed E-state index contributed by atoms with van der Waals surface area (Å²) in [5.74, 6) is 1.11. The molecule has 1 heterocycles. The van der Waals surface area contributed by atoms with Crippen molar-refractivity contribution in [3.05, 3.63) is 71.9 Å². The summed E-state index contributed by atoms with van der Waals surface area (Å²) >= 11 is 0. The van der Waals surface area contributed by atoms with E-state index in [0.717, 1.165) is 22.0 Å². The molecular formula is C22H22N2O3. The number of carbonyl (C=O) groups is 1. The van der Waals surface area contributed by atoms with Crippen LogP contribution >= 0.6 is 0 Å². The van der Waals surface area contributed by atoms with Crippen LogP contribution in [0.15, 0.2) is 60.8 Å². The first-order valence-electron chi connectivity index (χ1n) is 8.66. The van der Waals surface area contributed by atoms with Crippen molar-refractivity contribution in [3.63, 3.8) is 0 Å².